The van der Waals surface area contributed by atoms with Gasteiger partial charge in [-0.15, -0.1) is 0 Å². The number of ether oxygens (including phenoxy) is 2. The zero-order valence-corrected chi connectivity index (χ0v) is 21.4. The molecule has 0 saturated heterocycles. The summed E-state index contributed by atoms with van der Waals surface area (Å²) in [7, 11) is -4.25. The maximum atomic E-state index is 14.6. The second-order valence-corrected chi connectivity index (χ2v) is 9.67. The number of carbonyl (C=O) groups is 1. The van der Waals surface area contributed by atoms with Gasteiger partial charge in [0.05, 0.1) is 23.4 Å². The highest BCUT2D eigenvalue weighted by molar-refractivity contribution is 7.92. The molecular formula is C27H28FN3O5S. The van der Waals surface area contributed by atoms with Gasteiger partial charge in [-0.1, -0.05) is 42.5 Å². The molecule has 8 nitrogen and oxygen atoms in total. The van der Waals surface area contributed by atoms with Crippen molar-refractivity contribution < 1.29 is 27.1 Å². The van der Waals surface area contributed by atoms with Gasteiger partial charge in [0.1, 0.15) is 19.0 Å². The summed E-state index contributed by atoms with van der Waals surface area (Å²) in [6.07, 6.45) is 2.99. The lowest BCUT2D eigenvalue weighted by atomic mass is 10.2. The summed E-state index contributed by atoms with van der Waals surface area (Å²) in [6.45, 7) is 7.32. The number of para-hydroxylation sites is 1. The van der Waals surface area contributed by atoms with Gasteiger partial charge >= 0.3 is 0 Å². The molecule has 0 aliphatic heterocycles. The summed E-state index contributed by atoms with van der Waals surface area (Å²) in [5.41, 5.74) is 3.51. The number of nitrogens with zero attached hydrogens (tertiary/aromatic N) is 2. The third kappa shape index (κ3) is 7.17. The van der Waals surface area contributed by atoms with E-state index in [1.165, 1.54) is 36.5 Å². The summed E-state index contributed by atoms with van der Waals surface area (Å²) in [6, 6.07) is 16.5. The number of hydrazone groups is 1. The molecule has 0 radical (unpaired) electrons. The van der Waals surface area contributed by atoms with Crippen molar-refractivity contribution in [3.8, 4) is 11.5 Å². The lowest BCUT2D eigenvalue weighted by Gasteiger charge is -2.24. The van der Waals surface area contributed by atoms with E-state index in [1.807, 2.05) is 13.8 Å². The smallest absolute Gasteiger partial charge is 0.264 e. The number of halogens is 1. The number of hydrogen-bond acceptors (Lipinski definition) is 6. The number of nitrogens with one attached hydrogen (secondary N) is 1. The van der Waals surface area contributed by atoms with Gasteiger partial charge in [0, 0.05) is 0 Å². The Kier molecular flexibility index (Phi) is 9.39. The van der Waals surface area contributed by atoms with E-state index in [4.69, 9.17) is 9.47 Å². The Bertz CT molecular complexity index is 1380. The Labute approximate surface area is 216 Å². The van der Waals surface area contributed by atoms with Gasteiger partial charge < -0.3 is 9.47 Å². The van der Waals surface area contributed by atoms with Crippen molar-refractivity contribution in [2.24, 2.45) is 5.10 Å². The van der Waals surface area contributed by atoms with Gasteiger partial charge in [-0.25, -0.2) is 18.2 Å². The molecule has 3 rings (SSSR count). The summed E-state index contributed by atoms with van der Waals surface area (Å²) in [5, 5.41) is 3.92. The molecule has 194 valence electrons. The number of benzene rings is 3. The fourth-order valence-corrected chi connectivity index (χ4v) is 4.71. The van der Waals surface area contributed by atoms with E-state index in [0.717, 1.165) is 15.9 Å². The van der Waals surface area contributed by atoms with E-state index >= 15 is 0 Å². The molecule has 0 aromatic heterocycles. The number of rotatable bonds is 12. The first-order chi connectivity index (χ1) is 17.8. The molecule has 37 heavy (non-hydrogen) atoms. The number of anilines is 1. The maximum absolute atomic E-state index is 14.6. The predicted molar refractivity (Wildman–Crippen MR) is 141 cm³/mol. The molecule has 0 aliphatic rings. The van der Waals surface area contributed by atoms with E-state index in [0.29, 0.717) is 30.3 Å². The molecule has 0 spiro atoms. The molecule has 0 heterocycles. The zero-order valence-electron chi connectivity index (χ0n) is 20.6. The Morgan fingerprint density at radius 3 is 2.49 bits per heavy atom. The van der Waals surface area contributed by atoms with Gasteiger partial charge in [0.15, 0.2) is 11.5 Å². The second kappa shape index (κ2) is 12.7. The van der Waals surface area contributed by atoms with Gasteiger partial charge in [0.25, 0.3) is 15.9 Å². The highest BCUT2D eigenvalue weighted by Gasteiger charge is 2.29. The molecule has 0 aliphatic carbocycles. The minimum absolute atomic E-state index is 0.0696. The fraction of sp³-hybridized carbons (Fsp3) is 0.185. The van der Waals surface area contributed by atoms with Crippen LogP contribution in [0.15, 0.2) is 89.4 Å². The quantitative estimate of drug-likeness (QED) is 0.214. The van der Waals surface area contributed by atoms with Crippen LogP contribution in [0.4, 0.5) is 10.1 Å². The molecule has 3 aromatic carbocycles. The summed E-state index contributed by atoms with van der Waals surface area (Å²) in [5.74, 6) is -0.512. The molecule has 0 bridgehead atoms. The van der Waals surface area contributed by atoms with E-state index in [1.54, 1.807) is 36.4 Å². The SMILES string of the molecule is C=CCOc1ccc(/C=N\NC(=O)CN(c2ccccc2F)S(=O)(=O)c2ccc(C)cc2)cc1OCC. The Hall–Kier alpha value is -4.18. The Balaban J connectivity index is 1.80. The van der Waals surface area contributed by atoms with Gasteiger partial charge in [-0.05, 0) is 61.9 Å². The molecule has 0 fully saturated rings. The number of aryl methyl sites for hydroxylation is 1. The average Bonchev–Trinajstić information content (AvgIpc) is 2.88. The monoisotopic (exact) mass is 525 g/mol. The topological polar surface area (TPSA) is 97.3 Å². The zero-order chi connectivity index (χ0) is 26.8. The van der Waals surface area contributed by atoms with Crippen LogP contribution in [0.1, 0.15) is 18.1 Å². The Morgan fingerprint density at radius 1 is 1.08 bits per heavy atom. The van der Waals surface area contributed by atoms with Crippen LogP contribution in [-0.2, 0) is 14.8 Å². The normalized spacial score (nSPS) is 11.2. The molecule has 1 amide bonds. The average molecular weight is 526 g/mol. The van der Waals surface area contributed by atoms with Crippen LogP contribution < -0.4 is 19.2 Å². The number of amides is 1. The van der Waals surface area contributed by atoms with Crippen LogP contribution in [0.5, 0.6) is 11.5 Å². The van der Waals surface area contributed by atoms with Crippen LogP contribution in [0.3, 0.4) is 0 Å². The van der Waals surface area contributed by atoms with Crippen LogP contribution in [0.25, 0.3) is 0 Å². The summed E-state index contributed by atoms with van der Waals surface area (Å²) < 4.78 is 53.1. The van der Waals surface area contributed by atoms with Crippen LogP contribution in [0.2, 0.25) is 0 Å². The molecule has 0 atom stereocenters. The molecule has 10 heteroatoms. The minimum Gasteiger partial charge on any atom is -0.490 e. The van der Waals surface area contributed by atoms with Gasteiger partial charge in [-0.3, -0.25) is 9.10 Å². The van der Waals surface area contributed by atoms with E-state index in [2.05, 4.69) is 17.1 Å². The van der Waals surface area contributed by atoms with Crippen LogP contribution in [0, 0.1) is 12.7 Å². The summed E-state index contributed by atoms with van der Waals surface area (Å²) in [4.78, 5) is 12.6. The van der Waals surface area contributed by atoms with Gasteiger partial charge in [0.2, 0.25) is 0 Å². The Morgan fingerprint density at radius 2 is 1.81 bits per heavy atom. The minimum atomic E-state index is -4.25. The number of carbonyl (C=O) groups excluding carboxylic acids is 1. The first-order valence-corrected chi connectivity index (χ1v) is 12.9. The first kappa shape index (κ1) is 27.4. The highest BCUT2D eigenvalue weighted by Crippen LogP contribution is 2.28. The van der Waals surface area contributed by atoms with E-state index in [9.17, 15) is 17.6 Å². The van der Waals surface area contributed by atoms with Crippen molar-refractivity contribution in [3.63, 3.8) is 0 Å². The molecule has 0 unspecified atom stereocenters. The van der Waals surface area contributed by atoms with E-state index in [-0.39, 0.29) is 10.6 Å². The lowest BCUT2D eigenvalue weighted by Crippen LogP contribution is -2.40. The van der Waals surface area contributed by atoms with Crippen molar-refractivity contribution in [1.29, 1.82) is 0 Å². The van der Waals surface area contributed by atoms with Crippen LogP contribution >= 0.6 is 0 Å². The third-order valence-electron chi connectivity index (χ3n) is 5.04. The highest BCUT2D eigenvalue weighted by atomic mass is 32.2. The van der Waals surface area contributed by atoms with Crippen molar-refractivity contribution in [1.82, 2.24) is 5.43 Å². The first-order valence-electron chi connectivity index (χ1n) is 11.4. The van der Waals surface area contributed by atoms with Crippen molar-refractivity contribution in [3.05, 3.63) is 96.3 Å². The van der Waals surface area contributed by atoms with E-state index < -0.39 is 28.3 Å². The maximum Gasteiger partial charge on any atom is 0.264 e. The predicted octanol–water partition coefficient (Wildman–Crippen LogP) is 4.44. The number of hydrogen-bond donors (Lipinski definition) is 1. The second-order valence-electron chi connectivity index (χ2n) is 7.81. The number of sulfonamides is 1. The molecular weight excluding hydrogens is 497 g/mol. The standard InChI is InChI=1S/C27H28FN3O5S/c1-4-16-36-25-15-12-21(17-26(25)35-5-2)18-29-30-27(32)19-31(24-9-7-6-8-23(24)28)37(33,34)22-13-10-20(3)11-14-22/h4,6-15,17-18H,1,5,16,19H2,2-3H3,(H,30,32)/b29-18-. The van der Waals surface area contributed by atoms with Gasteiger partial charge in [-0.2, -0.15) is 5.10 Å². The van der Waals surface area contributed by atoms with Crippen molar-refractivity contribution in [2.75, 3.05) is 24.1 Å². The van der Waals surface area contributed by atoms with Crippen LogP contribution in [-0.4, -0.2) is 40.3 Å². The lowest BCUT2D eigenvalue weighted by molar-refractivity contribution is -0.119. The molecule has 1 N–H and O–H groups in total. The fourth-order valence-electron chi connectivity index (χ4n) is 3.28. The largest absolute Gasteiger partial charge is 0.490 e. The van der Waals surface area contributed by atoms with Crippen molar-refractivity contribution >= 4 is 27.8 Å². The summed E-state index contributed by atoms with van der Waals surface area (Å²) >= 11 is 0. The third-order valence-corrected chi connectivity index (χ3v) is 6.82. The molecule has 0 saturated carbocycles. The van der Waals surface area contributed by atoms with Crippen molar-refractivity contribution in [2.45, 2.75) is 18.7 Å². The molecule has 3 aromatic rings.